The first-order chi connectivity index (χ1) is 9.97. The summed E-state index contributed by atoms with van der Waals surface area (Å²) in [7, 11) is 0. The maximum atomic E-state index is 14.0. The normalized spacial score (nSPS) is 11.0. The molecular formula is C14H6Br2FNO3. The van der Waals surface area contributed by atoms with E-state index in [0.29, 0.717) is 13.5 Å². The highest BCUT2D eigenvalue weighted by molar-refractivity contribution is 9.10. The summed E-state index contributed by atoms with van der Waals surface area (Å²) in [4.78, 5) is 24.4. The van der Waals surface area contributed by atoms with Gasteiger partial charge in [-0.05, 0) is 36.4 Å². The molecule has 0 saturated carbocycles. The van der Waals surface area contributed by atoms with Crippen molar-refractivity contribution in [3.8, 4) is 5.69 Å². The molecule has 0 atom stereocenters. The van der Waals surface area contributed by atoms with Crippen LogP contribution in [0.5, 0.6) is 0 Å². The van der Waals surface area contributed by atoms with Crippen molar-refractivity contribution in [1.82, 2.24) is 4.57 Å². The van der Waals surface area contributed by atoms with Gasteiger partial charge in [0.25, 0.3) is 5.56 Å². The monoisotopic (exact) mass is 413 g/mol. The van der Waals surface area contributed by atoms with Crippen LogP contribution in [0.15, 0.2) is 59.3 Å². The Morgan fingerprint density at radius 3 is 2.38 bits per heavy atom. The molecule has 0 spiro atoms. The fraction of sp³-hybridized carbons (Fsp3) is 0. The van der Waals surface area contributed by atoms with E-state index in [-0.39, 0.29) is 16.7 Å². The average molecular weight is 415 g/mol. The Bertz CT molecular complexity index is 978. The Morgan fingerprint density at radius 2 is 1.67 bits per heavy atom. The highest BCUT2D eigenvalue weighted by Gasteiger charge is 2.15. The minimum absolute atomic E-state index is 0.154. The lowest BCUT2D eigenvalue weighted by Gasteiger charge is -2.07. The predicted octanol–water partition coefficient (Wildman–Crippen LogP) is 3.61. The lowest BCUT2D eigenvalue weighted by atomic mass is 10.2. The molecule has 1 heterocycles. The Morgan fingerprint density at radius 1 is 1.00 bits per heavy atom. The summed E-state index contributed by atoms with van der Waals surface area (Å²) >= 11 is 6.36. The molecule has 21 heavy (non-hydrogen) atoms. The van der Waals surface area contributed by atoms with Gasteiger partial charge in [-0.3, -0.25) is 4.79 Å². The molecule has 2 aromatic carbocycles. The van der Waals surface area contributed by atoms with E-state index in [0.717, 1.165) is 0 Å². The first kappa shape index (κ1) is 14.2. The Balaban J connectivity index is 2.43. The summed E-state index contributed by atoms with van der Waals surface area (Å²) in [6.07, 6.45) is 0. The second-order valence-electron chi connectivity index (χ2n) is 4.24. The van der Waals surface area contributed by atoms with Gasteiger partial charge in [0.2, 0.25) is 0 Å². The van der Waals surface area contributed by atoms with Crippen molar-refractivity contribution >= 4 is 42.8 Å². The summed E-state index contributed by atoms with van der Waals surface area (Å²) < 4.78 is 20.9. The Labute approximate surface area is 134 Å². The summed E-state index contributed by atoms with van der Waals surface area (Å²) in [5.41, 5.74) is -0.635. The van der Waals surface area contributed by atoms with Crippen molar-refractivity contribution in [2.75, 3.05) is 0 Å². The van der Waals surface area contributed by atoms with Gasteiger partial charge in [-0.1, -0.05) is 31.9 Å². The largest absolute Gasteiger partial charge is 0.427 e. The smallest absolute Gasteiger partial charge is 0.409 e. The van der Waals surface area contributed by atoms with Crippen LogP contribution in [0, 0.1) is 5.82 Å². The number of hydrogen-bond donors (Lipinski definition) is 0. The third-order valence-corrected chi connectivity index (χ3v) is 3.89. The second kappa shape index (κ2) is 5.23. The second-order valence-corrected chi connectivity index (χ2v) is 6.08. The molecular weight excluding hydrogens is 409 g/mol. The van der Waals surface area contributed by atoms with Crippen molar-refractivity contribution in [2.24, 2.45) is 0 Å². The molecule has 0 aliphatic heterocycles. The molecule has 1 aromatic heterocycles. The quantitative estimate of drug-likeness (QED) is 0.611. The van der Waals surface area contributed by atoms with E-state index < -0.39 is 17.1 Å². The zero-order valence-electron chi connectivity index (χ0n) is 10.3. The highest BCUT2D eigenvalue weighted by Crippen LogP contribution is 2.19. The third-order valence-electron chi connectivity index (χ3n) is 2.91. The van der Waals surface area contributed by atoms with Gasteiger partial charge in [-0.2, -0.15) is 0 Å². The lowest BCUT2D eigenvalue weighted by molar-refractivity contribution is 0.496. The standard InChI is InChI=1S/C14H6Br2FNO3/c15-7-2-4-12-9(5-7)13(19)18(14(20)21-12)11-3-1-8(16)6-10(11)17/h1-6H. The zero-order valence-corrected chi connectivity index (χ0v) is 13.4. The molecule has 0 fully saturated rings. The van der Waals surface area contributed by atoms with E-state index in [4.69, 9.17) is 4.42 Å². The minimum atomic E-state index is -0.934. The topological polar surface area (TPSA) is 52.2 Å². The van der Waals surface area contributed by atoms with Crippen LogP contribution in [0.25, 0.3) is 16.7 Å². The van der Waals surface area contributed by atoms with E-state index in [1.165, 1.54) is 30.3 Å². The minimum Gasteiger partial charge on any atom is -0.409 e. The van der Waals surface area contributed by atoms with E-state index in [2.05, 4.69) is 31.9 Å². The summed E-state index contributed by atoms with van der Waals surface area (Å²) in [6.45, 7) is 0. The van der Waals surface area contributed by atoms with Gasteiger partial charge in [0.15, 0.2) is 0 Å². The summed E-state index contributed by atoms with van der Waals surface area (Å²) in [6, 6.07) is 8.72. The molecule has 4 nitrogen and oxygen atoms in total. The molecule has 7 heteroatoms. The maximum absolute atomic E-state index is 14.0. The van der Waals surface area contributed by atoms with E-state index in [1.54, 1.807) is 6.07 Å². The first-order valence-corrected chi connectivity index (χ1v) is 7.37. The molecule has 3 aromatic rings. The molecule has 0 aliphatic carbocycles. The number of nitrogens with zero attached hydrogens (tertiary/aromatic N) is 1. The van der Waals surface area contributed by atoms with Crippen LogP contribution < -0.4 is 11.3 Å². The summed E-state index contributed by atoms with van der Waals surface area (Å²) in [5, 5.41) is 0.186. The Hall–Kier alpha value is -1.73. The van der Waals surface area contributed by atoms with Crippen LogP contribution in [0.2, 0.25) is 0 Å². The molecule has 3 rings (SSSR count). The van der Waals surface area contributed by atoms with Crippen molar-refractivity contribution in [3.05, 3.63) is 72.1 Å². The van der Waals surface area contributed by atoms with Crippen molar-refractivity contribution in [1.29, 1.82) is 0 Å². The molecule has 0 unspecified atom stereocenters. The fourth-order valence-electron chi connectivity index (χ4n) is 1.97. The number of benzene rings is 2. The fourth-order valence-corrected chi connectivity index (χ4v) is 2.67. The molecule has 0 saturated heterocycles. The molecule has 0 aliphatic rings. The lowest BCUT2D eigenvalue weighted by Crippen LogP contribution is -2.31. The van der Waals surface area contributed by atoms with Crippen LogP contribution >= 0.6 is 31.9 Å². The molecule has 0 bridgehead atoms. The SMILES string of the molecule is O=c1oc2ccc(Br)cc2c(=O)n1-c1ccc(Br)cc1F. The number of fused-ring (bicyclic) bond motifs is 1. The van der Waals surface area contributed by atoms with Crippen LogP contribution in [0.4, 0.5) is 4.39 Å². The number of rotatable bonds is 1. The van der Waals surface area contributed by atoms with Crippen LogP contribution in [0.1, 0.15) is 0 Å². The maximum Gasteiger partial charge on any atom is 0.427 e. The first-order valence-electron chi connectivity index (χ1n) is 5.78. The Kier molecular flexibility index (Phi) is 3.54. The van der Waals surface area contributed by atoms with E-state index in [1.807, 2.05) is 0 Å². The van der Waals surface area contributed by atoms with E-state index >= 15 is 0 Å². The number of aromatic nitrogens is 1. The molecule has 106 valence electrons. The van der Waals surface area contributed by atoms with Crippen LogP contribution in [-0.2, 0) is 0 Å². The third kappa shape index (κ3) is 2.47. The van der Waals surface area contributed by atoms with Gasteiger partial charge in [-0.15, -0.1) is 0 Å². The van der Waals surface area contributed by atoms with Crippen LogP contribution in [0.3, 0.4) is 0 Å². The van der Waals surface area contributed by atoms with Gasteiger partial charge in [0, 0.05) is 8.95 Å². The van der Waals surface area contributed by atoms with Gasteiger partial charge in [0.1, 0.15) is 11.4 Å². The van der Waals surface area contributed by atoms with Gasteiger partial charge >= 0.3 is 5.76 Å². The van der Waals surface area contributed by atoms with Crippen LogP contribution in [-0.4, -0.2) is 4.57 Å². The predicted molar refractivity (Wildman–Crippen MR) is 83.4 cm³/mol. The summed E-state index contributed by atoms with van der Waals surface area (Å²) in [5.74, 6) is -1.64. The van der Waals surface area contributed by atoms with Crippen molar-refractivity contribution in [3.63, 3.8) is 0 Å². The zero-order chi connectivity index (χ0) is 15.1. The van der Waals surface area contributed by atoms with E-state index in [9.17, 15) is 14.0 Å². The highest BCUT2D eigenvalue weighted by atomic mass is 79.9. The van der Waals surface area contributed by atoms with Gasteiger partial charge < -0.3 is 4.42 Å². The average Bonchev–Trinajstić information content (AvgIpc) is 2.42. The number of halogens is 3. The molecule has 0 N–H and O–H groups in total. The molecule has 0 radical (unpaired) electrons. The van der Waals surface area contributed by atoms with Crippen molar-refractivity contribution in [2.45, 2.75) is 0 Å². The van der Waals surface area contributed by atoms with Crippen molar-refractivity contribution < 1.29 is 8.81 Å². The van der Waals surface area contributed by atoms with Gasteiger partial charge in [0.05, 0.1) is 11.1 Å². The number of hydrogen-bond acceptors (Lipinski definition) is 3. The van der Waals surface area contributed by atoms with Gasteiger partial charge in [-0.25, -0.2) is 13.8 Å². The molecule has 0 amide bonds.